The van der Waals surface area contributed by atoms with Crippen LogP contribution < -0.4 is 10.6 Å². The van der Waals surface area contributed by atoms with Crippen molar-refractivity contribution in [3.05, 3.63) is 65.8 Å². The van der Waals surface area contributed by atoms with Crippen molar-refractivity contribution in [2.45, 2.75) is 6.92 Å². The molecule has 136 valence electrons. The van der Waals surface area contributed by atoms with Crippen molar-refractivity contribution in [2.24, 2.45) is 7.05 Å². The van der Waals surface area contributed by atoms with Crippen LogP contribution in [0.15, 0.2) is 48.6 Å². The maximum atomic E-state index is 14.1. The molecular weight excluding hydrogens is 352 g/mol. The minimum Gasteiger partial charge on any atom is -0.356 e. The topological polar surface area (TPSA) is 71.8 Å². The monoisotopic (exact) mass is 367 g/mol. The van der Waals surface area contributed by atoms with Crippen molar-refractivity contribution in [1.82, 2.24) is 14.8 Å². The SMILES string of the molecule is C/C(Nc1cnn(C)c1)=C1/C(=O)Nc2cnc(-c3ccc(F)cc3F)cc21. The summed E-state index contributed by atoms with van der Waals surface area (Å²) in [6.07, 6.45) is 4.89. The lowest BCUT2D eigenvalue weighted by Crippen LogP contribution is -2.08. The van der Waals surface area contributed by atoms with Gasteiger partial charge in [0.15, 0.2) is 0 Å². The summed E-state index contributed by atoms with van der Waals surface area (Å²) < 4.78 is 28.9. The third kappa shape index (κ3) is 3.05. The third-order valence-corrected chi connectivity index (χ3v) is 4.27. The summed E-state index contributed by atoms with van der Waals surface area (Å²) in [6, 6.07) is 4.92. The Labute approximate surface area is 153 Å². The number of aromatic nitrogens is 3. The highest BCUT2D eigenvalue weighted by Crippen LogP contribution is 2.36. The summed E-state index contributed by atoms with van der Waals surface area (Å²) in [5, 5.41) is 9.97. The van der Waals surface area contributed by atoms with Crippen LogP contribution in [0.1, 0.15) is 12.5 Å². The van der Waals surface area contributed by atoms with Gasteiger partial charge in [0.25, 0.3) is 5.91 Å². The Morgan fingerprint density at radius 2 is 2.00 bits per heavy atom. The van der Waals surface area contributed by atoms with Crippen molar-refractivity contribution in [3.63, 3.8) is 0 Å². The number of hydrogen-bond donors (Lipinski definition) is 2. The number of pyridine rings is 1. The van der Waals surface area contributed by atoms with Crippen LogP contribution in [0.4, 0.5) is 20.2 Å². The minimum atomic E-state index is -0.713. The van der Waals surface area contributed by atoms with Crippen LogP contribution in [0.2, 0.25) is 0 Å². The molecule has 0 saturated heterocycles. The van der Waals surface area contributed by atoms with Gasteiger partial charge in [-0.2, -0.15) is 5.10 Å². The molecule has 3 aromatic rings. The van der Waals surface area contributed by atoms with E-state index in [9.17, 15) is 13.6 Å². The largest absolute Gasteiger partial charge is 0.356 e. The van der Waals surface area contributed by atoms with Crippen LogP contribution in [-0.4, -0.2) is 20.7 Å². The number of carbonyl (C=O) groups is 1. The molecule has 0 bridgehead atoms. The van der Waals surface area contributed by atoms with Gasteiger partial charge in [0.1, 0.15) is 11.6 Å². The molecule has 27 heavy (non-hydrogen) atoms. The molecule has 6 nitrogen and oxygen atoms in total. The Bertz CT molecular complexity index is 1100. The Hall–Kier alpha value is -3.55. The molecule has 8 heteroatoms. The number of hydrogen-bond acceptors (Lipinski definition) is 4. The van der Waals surface area contributed by atoms with Gasteiger partial charge in [-0.25, -0.2) is 8.78 Å². The van der Waals surface area contributed by atoms with Gasteiger partial charge in [-0.1, -0.05) is 0 Å². The molecule has 3 heterocycles. The number of carbonyl (C=O) groups excluding carboxylic acids is 1. The number of fused-ring (bicyclic) bond motifs is 1. The van der Waals surface area contributed by atoms with Crippen LogP contribution in [0, 0.1) is 11.6 Å². The van der Waals surface area contributed by atoms with Crippen molar-refractivity contribution < 1.29 is 13.6 Å². The second-order valence-electron chi connectivity index (χ2n) is 6.22. The van der Waals surface area contributed by atoms with Crippen LogP contribution in [0.25, 0.3) is 16.8 Å². The van der Waals surface area contributed by atoms with E-state index in [0.717, 1.165) is 11.8 Å². The van der Waals surface area contributed by atoms with Gasteiger partial charge in [-0.05, 0) is 25.1 Å². The molecule has 0 aliphatic carbocycles. The normalized spacial score (nSPS) is 14.7. The van der Waals surface area contributed by atoms with Crippen LogP contribution in [-0.2, 0) is 11.8 Å². The third-order valence-electron chi connectivity index (χ3n) is 4.27. The Balaban J connectivity index is 1.78. The Morgan fingerprint density at radius 3 is 2.70 bits per heavy atom. The van der Waals surface area contributed by atoms with E-state index in [1.807, 2.05) is 0 Å². The molecule has 1 aromatic carbocycles. The van der Waals surface area contributed by atoms with E-state index in [4.69, 9.17) is 0 Å². The first kappa shape index (κ1) is 16.9. The van der Waals surface area contributed by atoms with Gasteiger partial charge in [-0.3, -0.25) is 14.5 Å². The predicted molar refractivity (Wildman–Crippen MR) is 97.6 cm³/mol. The van der Waals surface area contributed by atoms with Gasteiger partial charge >= 0.3 is 0 Å². The molecule has 0 fully saturated rings. The summed E-state index contributed by atoms with van der Waals surface area (Å²) in [7, 11) is 1.79. The number of halogens is 2. The van der Waals surface area contributed by atoms with E-state index in [1.165, 1.54) is 18.3 Å². The van der Waals surface area contributed by atoms with Gasteiger partial charge < -0.3 is 10.6 Å². The molecule has 4 rings (SSSR count). The van der Waals surface area contributed by atoms with Crippen molar-refractivity contribution in [3.8, 4) is 11.3 Å². The number of amides is 1. The van der Waals surface area contributed by atoms with E-state index in [0.29, 0.717) is 28.2 Å². The zero-order chi connectivity index (χ0) is 19.1. The molecule has 1 aliphatic rings. The Morgan fingerprint density at radius 1 is 1.19 bits per heavy atom. The van der Waals surface area contributed by atoms with Crippen molar-refractivity contribution >= 4 is 22.9 Å². The fourth-order valence-electron chi connectivity index (χ4n) is 3.05. The number of aryl methyl sites for hydroxylation is 1. The van der Waals surface area contributed by atoms with Gasteiger partial charge in [-0.15, -0.1) is 0 Å². The quantitative estimate of drug-likeness (QED) is 0.695. The second kappa shape index (κ2) is 6.31. The highest BCUT2D eigenvalue weighted by Gasteiger charge is 2.28. The molecule has 0 unspecified atom stereocenters. The van der Waals surface area contributed by atoms with E-state index in [-0.39, 0.29) is 11.5 Å². The molecule has 0 saturated carbocycles. The smallest absolute Gasteiger partial charge is 0.258 e. The first-order valence-corrected chi connectivity index (χ1v) is 8.16. The molecule has 2 aromatic heterocycles. The molecule has 1 aliphatic heterocycles. The highest BCUT2D eigenvalue weighted by molar-refractivity contribution is 6.32. The summed E-state index contributed by atoms with van der Waals surface area (Å²) in [4.78, 5) is 16.6. The summed E-state index contributed by atoms with van der Waals surface area (Å²) >= 11 is 0. The lowest BCUT2D eigenvalue weighted by molar-refractivity contribution is -0.110. The number of benzene rings is 1. The summed E-state index contributed by atoms with van der Waals surface area (Å²) in [5.41, 5.74) is 3.40. The van der Waals surface area contributed by atoms with Gasteiger partial charge in [0.2, 0.25) is 0 Å². The summed E-state index contributed by atoms with van der Waals surface area (Å²) in [5.74, 6) is -1.65. The zero-order valence-corrected chi connectivity index (χ0v) is 14.5. The van der Waals surface area contributed by atoms with Crippen molar-refractivity contribution in [2.75, 3.05) is 10.6 Å². The van der Waals surface area contributed by atoms with Gasteiger partial charge in [0, 0.05) is 36.1 Å². The zero-order valence-electron chi connectivity index (χ0n) is 14.5. The van der Waals surface area contributed by atoms with Crippen LogP contribution in [0.3, 0.4) is 0 Å². The van der Waals surface area contributed by atoms with Crippen molar-refractivity contribution in [1.29, 1.82) is 0 Å². The second-order valence-corrected chi connectivity index (χ2v) is 6.22. The first-order valence-electron chi connectivity index (χ1n) is 8.16. The predicted octanol–water partition coefficient (Wildman–Crippen LogP) is 3.56. The summed E-state index contributed by atoms with van der Waals surface area (Å²) in [6.45, 7) is 1.77. The molecular formula is C19H15F2N5O. The molecule has 2 N–H and O–H groups in total. The number of nitrogens with one attached hydrogen (secondary N) is 2. The Kier molecular flexibility index (Phi) is 3.95. The van der Waals surface area contributed by atoms with Gasteiger partial charge in [0.05, 0.1) is 35.0 Å². The minimum absolute atomic E-state index is 0.163. The molecule has 0 atom stereocenters. The van der Waals surface area contributed by atoms with E-state index in [1.54, 1.807) is 37.1 Å². The van der Waals surface area contributed by atoms with Crippen LogP contribution in [0.5, 0.6) is 0 Å². The first-order chi connectivity index (χ1) is 12.9. The van der Waals surface area contributed by atoms with Crippen LogP contribution >= 0.6 is 0 Å². The molecule has 0 spiro atoms. The standard InChI is InChI=1S/C19H15F2N5O/c1-10(24-12-7-23-26(2)9-12)18-14-6-16(22-8-17(14)25-19(18)27)13-4-3-11(20)5-15(13)21/h3-9,24H,1-2H3,(H,25,27)/b18-10-. The molecule has 1 amide bonds. The number of anilines is 2. The highest BCUT2D eigenvalue weighted by atomic mass is 19.1. The fraction of sp³-hybridized carbons (Fsp3) is 0.105. The fourth-order valence-corrected chi connectivity index (χ4v) is 3.05. The maximum Gasteiger partial charge on any atom is 0.258 e. The maximum absolute atomic E-state index is 14.1. The lowest BCUT2D eigenvalue weighted by atomic mass is 10.0. The lowest BCUT2D eigenvalue weighted by Gasteiger charge is -2.09. The van der Waals surface area contributed by atoms with E-state index < -0.39 is 11.6 Å². The average Bonchev–Trinajstić information content (AvgIpc) is 3.16. The average molecular weight is 367 g/mol. The number of rotatable bonds is 3. The van der Waals surface area contributed by atoms with E-state index in [2.05, 4.69) is 20.7 Å². The number of allylic oxidation sites excluding steroid dienone is 1. The molecule has 0 radical (unpaired) electrons. The van der Waals surface area contributed by atoms with E-state index >= 15 is 0 Å². The number of nitrogens with zero attached hydrogens (tertiary/aromatic N) is 3.